The highest BCUT2D eigenvalue weighted by Gasteiger charge is 2.12. The van der Waals surface area contributed by atoms with Crippen LogP contribution < -0.4 is 0 Å². The van der Waals surface area contributed by atoms with E-state index < -0.39 is 0 Å². The van der Waals surface area contributed by atoms with E-state index in [2.05, 4.69) is 4.90 Å². The summed E-state index contributed by atoms with van der Waals surface area (Å²) in [6.07, 6.45) is 2.83. The van der Waals surface area contributed by atoms with Crippen LogP contribution in [0.3, 0.4) is 0 Å². The molecule has 0 radical (unpaired) electrons. The molecule has 0 saturated carbocycles. The first-order valence-corrected chi connectivity index (χ1v) is 5.45. The van der Waals surface area contributed by atoms with Crippen molar-refractivity contribution in [3.05, 3.63) is 41.6 Å². The van der Waals surface area contributed by atoms with E-state index in [-0.39, 0.29) is 0 Å². The molecule has 1 aromatic rings. The van der Waals surface area contributed by atoms with E-state index in [4.69, 9.17) is 4.74 Å². The largest absolute Gasteiger partial charge is 0.378 e. The van der Waals surface area contributed by atoms with Gasteiger partial charge in [0.05, 0.1) is 18.9 Å². The molecule has 1 aliphatic rings. The first-order valence-electron chi connectivity index (χ1n) is 5.45. The lowest BCUT2D eigenvalue weighted by atomic mass is 10.2. The summed E-state index contributed by atoms with van der Waals surface area (Å²) in [5, 5.41) is 0. The predicted molar refractivity (Wildman–Crippen MR) is 62.9 cm³/mol. The summed E-state index contributed by atoms with van der Waals surface area (Å²) in [5.41, 5.74) is 1.78. The number of allylic oxidation sites excluding steroid dienone is 1. The van der Waals surface area contributed by atoms with Crippen molar-refractivity contribution >= 4 is 12.4 Å². The zero-order valence-electron chi connectivity index (χ0n) is 9.13. The second kappa shape index (κ2) is 5.47. The van der Waals surface area contributed by atoms with Crippen molar-refractivity contribution in [2.75, 3.05) is 26.3 Å². The van der Waals surface area contributed by atoms with Gasteiger partial charge in [0.1, 0.15) is 0 Å². The van der Waals surface area contributed by atoms with E-state index in [9.17, 15) is 4.79 Å². The molecule has 0 unspecified atom stereocenters. The van der Waals surface area contributed by atoms with Crippen molar-refractivity contribution in [2.24, 2.45) is 0 Å². The fraction of sp³-hybridized carbons (Fsp3) is 0.308. The number of rotatable bonds is 3. The maximum atomic E-state index is 11.1. The molecule has 3 heteroatoms. The first-order chi connectivity index (χ1) is 7.90. The summed E-state index contributed by atoms with van der Waals surface area (Å²) in [6, 6.07) is 9.88. The first kappa shape index (κ1) is 10.9. The Hall–Kier alpha value is -1.61. The number of aldehydes is 1. The van der Waals surface area contributed by atoms with Crippen molar-refractivity contribution in [1.29, 1.82) is 0 Å². The van der Waals surface area contributed by atoms with Crippen molar-refractivity contribution in [2.45, 2.75) is 0 Å². The van der Waals surface area contributed by atoms with Crippen molar-refractivity contribution in [3.63, 3.8) is 0 Å². The van der Waals surface area contributed by atoms with Gasteiger partial charge in [-0.1, -0.05) is 30.3 Å². The molecule has 1 saturated heterocycles. The monoisotopic (exact) mass is 217 g/mol. The molecular weight excluding hydrogens is 202 g/mol. The molecule has 1 heterocycles. The van der Waals surface area contributed by atoms with Crippen LogP contribution >= 0.6 is 0 Å². The van der Waals surface area contributed by atoms with Crippen LogP contribution in [-0.4, -0.2) is 37.5 Å². The van der Waals surface area contributed by atoms with Crippen LogP contribution in [0.5, 0.6) is 0 Å². The van der Waals surface area contributed by atoms with Gasteiger partial charge in [0.15, 0.2) is 6.29 Å². The lowest BCUT2D eigenvalue weighted by Crippen LogP contribution is -2.35. The number of hydrogen-bond acceptors (Lipinski definition) is 3. The summed E-state index contributed by atoms with van der Waals surface area (Å²) in [7, 11) is 0. The van der Waals surface area contributed by atoms with Gasteiger partial charge in [0, 0.05) is 13.1 Å². The van der Waals surface area contributed by atoms with Gasteiger partial charge in [-0.05, 0) is 11.6 Å². The maximum absolute atomic E-state index is 11.1. The van der Waals surface area contributed by atoms with Crippen LogP contribution in [0.4, 0.5) is 0 Å². The third-order valence-corrected chi connectivity index (χ3v) is 2.61. The minimum absolute atomic E-state index is 0.694. The van der Waals surface area contributed by atoms with E-state index >= 15 is 0 Å². The number of ether oxygens (including phenoxy) is 1. The molecule has 0 aliphatic carbocycles. The summed E-state index contributed by atoms with van der Waals surface area (Å²) < 4.78 is 5.26. The van der Waals surface area contributed by atoms with Crippen LogP contribution in [0.2, 0.25) is 0 Å². The summed E-state index contributed by atoms with van der Waals surface area (Å²) in [5.74, 6) is 0. The summed E-state index contributed by atoms with van der Waals surface area (Å²) >= 11 is 0. The highest BCUT2D eigenvalue weighted by molar-refractivity contribution is 5.80. The Morgan fingerprint density at radius 3 is 2.50 bits per heavy atom. The zero-order valence-corrected chi connectivity index (χ0v) is 9.13. The van der Waals surface area contributed by atoms with Gasteiger partial charge < -0.3 is 9.64 Å². The SMILES string of the molecule is O=CC(=Cc1ccccc1)N1CCOCC1. The quantitative estimate of drug-likeness (QED) is 0.568. The third kappa shape index (κ3) is 2.70. The molecule has 0 aromatic heterocycles. The Morgan fingerprint density at radius 2 is 1.88 bits per heavy atom. The van der Waals surface area contributed by atoms with E-state index in [1.165, 1.54) is 0 Å². The standard InChI is InChI=1S/C13H15NO2/c15-11-13(14-6-8-16-9-7-14)10-12-4-2-1-3-5-12/h1-5,10-11H,6-9H2. The topological polar surface area (TPSA) is 29.5 Å². The van der Waals surface area contributed by atoms with Crippen LogP contribution in [0, 0.1) is 0 Å². The van der Waals surface area contributed by atoms with Gasteiger partial charge in [0.25, 0.3) is 0 Å². The molecule has 1 fully saturated rings. The number of carbonyl (C=O) groups is 1. The molecule has 84 valence electrons. The van der Waals surface area contributed by atoms with E-state index in [1.54, 1.807) is 0 Å². The second-order valence-electron chi connectivity index (χ2n) is 3.70. The fourth-order valence-corrected chi connectivity index (χ4v) is 1.74. The smallest absolute Gasteiger partial charge is 0.166 e. The van der Waals surface area contributed by atoms with Crippen LogP contribution in [0.1, 0.15) is 5.56 Å². The lowest BCUT2D eigenvalue weighted by molar-refractivity contribution is -0.106. The van der Waals surface area contributed by atoms with Gasteiger partial charge in [-0.3, -0.25) is 4.79 Å². The molecule has 1 aliphatic heterocycles. The van der Waals surface area contributed by atoms with Crippen LogP contribution in [0.25, 0.3) is 6.08 Å². The maximum Gasteiger partial charge on any atom is 0.166 e. The molecule has 1 aromatic carbocycles. The van der Waals surface area contributed by atoms with E-state index in [1.807, 2.05) is 36.4 Å². The van der Waals surface area contributed by atoms with Gasteiger partial charge in [-0.2, -0.15) is 0 Å². The number of morpholine rings is 1. The van der Waals surface area contributed by atoms with Crippen molar-refractivity contribution in [1.82, 2.24) is 4.90 Å². The van der Waals surface area contributed by atoms with Gasteiger partial charge >= 0.3 is 0 Å². The molecule has 0 atom stereocenters. The van der Waals surface area contributed by atoms with Gasteiger partial charge in [-0.15, -0.1) is 0 Å². The van der Waals surface area contributed by atoms with Crippen molar-refractivity contribution in [3.8, 4) is 0 Å². The number of hydrogen-bond donors (Lipinski definition) is 0. The van der Waals surface area contributed by atoms with Crippen molar-refractivity contribution < 1.29 is 9.53 Å². The molecular formula is C13H15NO2. The second-order valence-corrected chi connectivity index (χ2v) is 3.70. The molecule has 0 N–H and O–H groups in total. The van der Waals surface area contributed by atoms with Crippen LogP contribution in [0.15, 0.2) is 36.0 Å². The predicted octanol–water partition coefficient (Wildman–Crippen LogP) is 1.56. The Balaban J connectivity index is 2.15. The molecule has 0 bridgehead atoms. The Morgan fingerprint density at radius 1 is 1.19 bits per heavy atom. The number of nitrogens with zero attached hydrogens (tertiary/aromatic N) is 1. The average Bonchev–Trinajstić information content (AvgIpc) is 2.38. The Bertz CT molecular complexity index is 367. The highest BCUT2D eigenvalue weighted by atomic mass is 16.5. The molecule has 0 amide bonds. The average molecular weight is 217 g/mol. The normalized spacial score (nSPS) is 17.2. The third-order valence-electron chi connectivity index (χ3n) is 2.61. The summed E-state index contributed by atoms with van der Waals surface area (Å²) in [6.45, 7) is 2.97. The minimum atomic E-state index is 0.694. The number of benzene rings is 1. The Labute approximate surface area is 95.3 Å². The van der Waals surface area contributed by atoms with E-state index in [0.29, 0.717) is 13.2 Å². The number of carbonyl (C=O) groups excluding carboxylic acids is 1. The molecule has 0 spiro atoms. The van der Waals surface area contributed by atoms with Gasteiger partial charge in [-0.25, -0.2) is 0 Å². The zero-order chi connectivity index (χ0) is 11.2. The highest BCUT2D eigenvalue weighted by Crippen LogP contribution is 2.10. The fourth-order valence-electron chi connectivity index (χ4n) is 1.74. The van der Waals surface area contributed by atoms with E-state index in [0.717, 1.165) is 30.6 Å². The summed E-state index contributed by atoms with van der Waals surface area (Å²) in [4.78, 5) is 13.1. The Kier molecular flexibility index (Phi) is 3.72. The van der Waals surface area contributed by atoms with Crippen LogP contribution in [-0.2, 0) is 9.53 Å². The molecule has 2 rings (SSSR count). The molecule has 16 heavy (non-hydrogen) atoms. The lowest BCUT2D eigenvalue weighted by Gasteiger charge is -2.28. The minimum Gasteiger partial charge on any atom is -0.378 e. The van der Waals surface area contributed by atoms with Gasteiger partial charge in [0.2, 0.25) is 0 Å². The molecule has 3 nitrogen and oxygen atoms in total.